The number of ether oxygens (including phenoxy) is 1. The van der Waals surface area contributed by atoms with Crippen molar-refractivity contribution < 1.29 is 9.53 Å². The predicted octanol–water partition coefficient (Wildman–Crippen LogP) is 1.55. The summed E-state index contributed by atoms with van der Waals surface area (Å²) in [5.41, 5.74) is 0. The molecule has 1 saturated heterocycles. The largest absolute Gasteiger partial charge is 0.376 e. The SMILES string of the molecule is CC(CCl)C(=O)NCC1CCCCO1. The molecule has 3 nitrogen and oxygen atoms in total. The Kier molecular flexibility index (Phi) is 5.26. The van der Waals surface area contributed by atoms with Gasteiger partial charge in [-0.2, -0.15) is 0 Å². The molecule has 2 unspecified atom stereocenters. The molecule has 1 rings (SSSR count). The smallest absolute Gasteiger partial charge is 0.224 e. The first-order valence-corrected chi connectivity index (χ1v) is 5.72. The van der Waals surface area contributed by atoms with E-state index in [0.29, 0.717) is 12.4 Å². The molecule has 0 aromatic carbocycles. The highest BCUT2D eigenvalue weighted by molar-refractivity contribution is 6.19. The summed E-state index contributed by atoms with van der Waals surface area (Å²) in [5.74, 6) is 0.284. The van der Waals surface area contributed by atoms with E-state index in [1.807, 2.05) is 6.92 Å². The third kappa shape index (κ3) is 3.84. The zero-order valence-electron chi connectivity index (χ0n) is 8.59. The molecule has 0 aromatic heterocycles. The van der Waals surface area contributed by atoms with E-state index in [1.165, 1.54) is 6.42 Å². The van der Waals surface area contributed by atoms with Gasteiger partial charge in [0.25, 0.3) is 0 Å². The first-order chi connectivity index (χ1) is 6.74. The molecule has 1 heterocycles. The molecule has 0 spiro atoms. The van der Waals surface area contributed by atoms with Crippen LogP contribution in [0.5, 0.6) is 0 Å². The van der Waals surface area contributed by atoms with Gasteiger partial charge in [0.15, 0.2) is 0 Å². The number of amides is 1. The van der Waals surface area contributed by atoms with Gasteiger partial charge in [0.05, 0.1) is 6.10 Å². The van der Waals surface area contributed by atoms with E-state index in [2.05, 4.69) is 5.32 Å². The molecule has 0 aromatic rings. The lowest BCUT2D eigenvalue weighted by atomic mass is 10.1. The van der Waals surface area contributed by atoms with Crippen LogP contribution in [-0.2, 0) is 9.53 Å². The maximum atomic E-state index is 11.4. The number of rotatable bonds is 4. The normalized spacial score (nSPS) is 24.3. The molecule has 4 heteroatoms. The number of nitrogens with one attached hydrogen (secondary N) is 1. The molecule has 14 heavy (non-hydrogen) atoms. The summed E-state index contributed by atoms with van der Waals surface area (Å²) in [6, 6.07) is 0. The maximum Gasteiger partial charge on any atom is 0.224 e. The van der Waals surface area contributed by atoms with Gasteiger partial charge in [-0.1, -0.05) is 6.92 Å². The van der Waals surface area contributed by atoms with Crippen molar-refractivity contribution in [1.29, 1.82) is 0 Å². The lowest BCUT2D eigenvalue weighted by molar-refractivity contribution is -0.124. The number of hydrogen-bond donors (Lipinski definition) is 1. The Labute approximate surface area is 90.1 Å². The van der Waals surface area contributed by atoms with Gasteiger partial charge in [0.2, 0.25) is 5.91 Å². The van der Waals surface area contributed by atoms with Gasteiger partial charge >= 0.3 is 0 Å². The second-order valence-electron chi connectivity index (χ2n) is 3.79. The highest BCUT2D eigenvalue weighted by atomic mass is 35.5. The molecule has 0 radical (unpaired) electrons. The van der Waals surface area contributed by atoms with Gasteiger partial charge in [0, 0.05) is 24.9 Å². The Morgan fingerprint density at radius 3 is 3.00 bits per heavy atom. The quantitative estimate of drug-likeness (QED) is 0.729. The minimum atomic E-state index is -0.111. The fourth-order valence-corrected chi connectivity index (χ4v) is 1.57. The first-order valence-electron chi connectivity index (χ1n) is 5.19. The van der Waals surface area contributed by atoms with E-state index in [-0.39, 0.29) is 17.9 Å². The number of carbonyl (C=O) groups is 1. The third-order valence-electron chi connectivity index (χ3n) is 2.46. The molecule has 1 aliphatic heterocycles. The van der Waals surface area contributed by atoms with Crippen LogP contribution in [0.2, 0.25) is 0 Å². The average Bonchev–Trinajstić information content (AvgIpc) is 2.26. The van der Waals surface area contributed by atoms with Crippen molar-refractivity contribution >= 4 is 17.5 Å². The summed E-state index contributed by atoms with van der Waals surface area (Å²) in [7, 11) is 0. The van der Waals surface area contributed by atoms with E-state index in [0.717, 1.165) is 19.4 Å². The monoisotopic (exact) mass is 219 g/mol. The van der Waals surface area contributed by atoms with Gasteiger partial charge in [-0.25, -0.2) is 0 Å². The summed E-state index contributed by atoms with van der Waals surface area (Å²) < 4.78 is 5.49. The second kappa shape index (κ2) is 6.25. The second-order valence-corrected chi connectivity index (χ2v) is 4.10. The van der Waals surface area contributed by atoms with Crippen LogP contribution in [0, 0.1) is 5.92 Å². The van der Waals surface area contributed by atoms with Crippen LogP contribution in [0.25, 0.3) is 0 Å². The molecule has 82 valence electrons. The summed E-state index contributed by atoms with van der Waals surface area (Å²) in [4.78, 5) is 11.4. The van der Waals surface area contributed by atoms with E-state index in [1.54, 1.807) is 0 Å². The summed E-state index contributed by atoms with van der Waals surface area (Å²) in [6.07, 6.45) is 3.60. The molecule has 1 amide bonds. The van der Waals surface area contributed by atoms with Crippen LogP contribution in [-0.4, -0.2) is 31.0 Å². The summed E-state index contributed by atoms with van der Waals surface area (Å²) in [6.45, 7) is 3.27. The third-order valence-corrected chi connectivity index (χ3v) is 2.92. The van der Waals surface area contributed by atoms with Gasteiger partial charge in [-0.05, 0) is 19.3 Å². The van der Waals surface area contributed by atoms with Crippen LogP contribution in [0.1, 0.15) is 26.2 Å². The Balaban J connectivity index is 2.15. The molecule has 1 aliphatic rings. The van der Waals surface area contributed by atoms with E-state index in [9.17, 15) is 4.79 Å². The fourth-order valence-electron chi connectivity index (χ4n) is 1.43. The summed E-state index contributed by atoms with van der Waals surface area (Å²) in [5, 5.41) is 2.85. The van der Waals surface area contributed by atoms with Crippen LogP contribution in [0.4, 0.5) is 0 Å². The topological polar surface area (TPSA) is 38.3 Å². The molecule has 0 aliphatic carbocycles. The van der Waals surface area contributed by atoms with Crippen molar-refractivity contribution in [2.75, 3.05) is 19.0 Å². The van der Waals surface area contributed by atoms with Crippen LogP contribution in [0.3, 0.4) is 0 Å². The number of halogens is 1. The standard InChI is InChI=1S/C10H18ClNO2/c1-8(6-11)10(13)12-7-9-4-2-3-5-14-9/h8-9H,2-7H2,1H3,(H,12,13). The number of alkyl halides is 1. The number of hydrogen-bond acceptors (Lipinski definition) is 2. The van der Waals surface area contributed by atoms with Gasteiger partial charge in [-0.3, -0.25) is 4.79 Å². The Hall–Kier alpha value is -0.280. The van der Waals surface area contributed by atoms with E-state index >= 15 is 0 Å². The van der Waals surface area contributed by atoms with Gasteiger partial charge in [-0.15, -0.1) is 11.6 Å². The minimum Gasteiger partial charge on any atom is -0.376 e. The lowest BCUT2D eigenvalue weighted by Crippen LogP contribution is -2.38. The van der Waals surface area contributed by atoms with Crippen molar-refractivity contribution in [3.8, 4) is 0 Å². The zero-order chi connectivity index (χ0) is 10.4. The Morgan fingerprint density at radius 2 is 2.43 bits per heavy atom. The predicted molar refractivity (Wildman–Crippen MR) is 56.5 cm³/mol. The Bertz CT molecular complexity index is 181. The lowest BCUT2D eigenvalue weighted by Gasteiger charge is -2.23. The minimum absolute atomic E-state index is 0.0224. The zero-order valence-corrected chi connectivity index (χ0v) is 9.35. The highest BCUT2D eigenvalue weighted by Crippen LogP contribution is 2.11. The molecular weight excluding hydrogens is 202 g/mol. The number of carbonyl (C=O) groups excluding carboxylic acids is 1. The molecule has 2 atom stereocenters. The fraction of sp³-hybridized carbons (Fsp3) is 0.900. The summed E-state index contributed by atoms with van der Waals surface area (Å²) >= 11 is 5.58. The molecular formula is C10H18ClNO2. The highest BCUT2D eigenvalue weighted by Gasteiger charge is 2.16. The Morgan fingerprint density at radius 1 is 1.64 bits per heavy atom. The average molecular weight is 220 g/mol. The van der Waals surface area contributed by atoms with Crippen molar-refractivity contribution in [1.82, 2.24) is 5.32 Å². The first kappa shape index (κ1) is 11.8. The van der Waals surface area contributed by atoms with Gasteiger partial charge in [0.1, 0.15) is 0 Å². The van der Waals surface area contributed by atoms with E-state index < -0.39 is 0 Å². The van der Waals surface area contributed by atoms with Crippen LogP contribution >= 0.6 is 11.6 Å². The molecule has 0 bridgehead atoms. The van der Waals surface area contributed by atoms with Crippen molar-refractivity contribution in [2.45, 2.75) is 32.3 Å². The van der Waals surface area contributed by atoms with Crippen molar-refractivity contribution in [3.63, 3.8) is 0 Å². The van der Waals surface area contributed by atoms with E-state index in [4.69, 9.17) is 16.3 Å². The maximum absolute atomic E-state index is 11.4. The van der Waals surface area contributed by atoms with Crippen molar-refractivity contribution in [3.05, 3.63) is 0 Å². The molecule has 1 fully saturated rings. The molecule has 0 saturated carbocycles. The molecule has 1 N–H and O–H groups in total. The van der Waals surface area contributed by atoms with Crippen LogP contribution < -0.4 is 5.32 Å². The van der Waals surface area contributed by atoms with Gasteiger partial charge < -0.3 is 10.1 Å². The van der Waals surface area contributed by atoms with Crippen LogP contribution in [0.15, 0.2) is 0 Å². The van der Waals surface area contributed by atoms with Crippen molar-refractivity contribution in [2.24, 2.45) is 5.92 Å².